The van der Waals surface area contributed by atoms with Crippen molar-refractivity contribution in [1.29, 1.82) is 0 Å². The standard InChI is InChI=1S/C7H14O2/c1-5(2)6(3)4-7(8)9/h5-6H,4H2,1-3H3,(H,8,9). The second-order valence-electron chi connectivity index (χ2n) is 2.82. The predicted octanol–water partition coefficient (Wildman–Crippen LogP) is 1.75. The van der Waals surface area contributed by atoms with Gasteiger partial charge in [0.05, 0.1) is 0 Å². The molecule has 0 radical (unpaired) electrons. The molecule has 9 heavy (non-hydrogen) atoms. The van der Waals surface area contributed by atoms with Crippen LogP contribution in [0.15, 0.2) is 0 Å². The third kappa shape index (κ3) is 4.01. The van der Waals surface area contributed by atoms with Gasteiger partial charge in [-0.25, -0.2) is 0 Å². The predicted molar refractivity (Wildman–Crippen MR) is 36.3 cm³/mol. The van der Waals surface area contributed by atoms with Gasteiger partial charge >= 0.3 is 5.97 Å². The van der Waals surface area contributed by atoms with Crippen LogP contribution in [0.4, 0.5) is 0 Å². The largest absolute Gasteiger partial charge is 0.481 e. The van der Waals surface area contributed by atoms with Gasteiger partial charge in [-0.2, -0.15) is 0 Å². The Morgan fingerprint density at radius 2 is 1.89 bits per heavy atom. The molecule has 0 spiro atoms. The Kier molecular flexibility index (Phi) is 3.28. The minimum Gasteiger partial charge on any atom is -0.481 e. The van der Waals surface area contributed by atoms with E-state index < -0.39 is 5.97 Å². The van der Waals surface area contributed by atoms with Crippen molar-refractivity contribution in [1.82, 2.24) is 0 Å². The van der Waals surface area contributed by atoms with E-state index in [4.69, 9.17) is 5.11 Å². The number of carbonyl (C=O) groups is 1. The third-order valence-corrected chi connectivity index (χ3v) is 1.63. The lowest BCUT2D eigenvalue weighted by Gasteiger charge is -2.11. The molecule has 0 aromatic rings. The van der Waals surface area contributed by atoms with Crippen LogP contribution >= 0.6 is 0 Å². The fraction of sp³-hybridized carbons (Fsp3) is 0.857. The molecule has 2 nitrogen and oxygen atoms in total. The highest BCUT2D eigenvalue weighted by molar-refractivity contribution is 5.66. The van der Waals surface area contributed by atoms with Crippen LogP contribution in [0.2, 0.25) is 0 Å². The Labute approximate surface area is 55.9 Å². The van der Waals surface area contributed by atoms with Crippen molar-refractivity contribution in [3.05, 3.63) is 0 Å². The van der Waals surface area contributed by atoms with E-state index in [9.17, 15) is 4.79 Å². The highest BCUT2D eigenvalue weighted by Crippen LogP contribution is 2.12. The van der Waals surface area contributed by atoms with Gasteiger partial charge in [-0.1, -0.05) is 20.8 Å². The Hall–Kier alpha value is -0.530. The van der Waals surface area contributed by atoms with Crippen molar-refractivity contribution in [2.45, 2.75) is 27.2 Å². The molecule has 0 aromatic heterocycles. The molecule has 0 amide bonds. The maximum absolute atomic E-state index is 10.1. The zero-order valence-electron chi connectivity index (χ0n) is 6.22. The second kappa shape index (κ2) is 3.49. The second-order valence-corrected chi connectivity index (χ2v) is 2.82. The average Bonchev–Trinajstić information content (AvgIpc) is 1.63. The molecule has 0 aliphatic carbocycles. The summed E-state index contributed by atoms with van der Waals surface area (Å²) in [5, 5.41) is 8.33. The first-order valence-electron chi connectivity index (χ1n) is 3.25. The van der Waals surface area contributed by atoms with Crippen LogP contribution in [0.25, 0.3) is 0 Å². The van der Waals surface area contributed by atoms with Crippen LogP contribution in [0, 0.1) is 11.8 Å². The zero-order chi connectivity index (χ0) is 7.44. The van der Waals surface area contributed by atoms with E-state index in [1.807, 2.05) is 20.8 Å². The summed E-state index contributed by atoms with van der Waals surface area (Å²) in [5.41, 5.74) is 0. The number of aliphatic carboxylic acids is 1. The molecular formula is C7H14O2. The summed E-state index contributed by atoms with van der Waals surface area (Å²) in [7, 11) is 0. The molecule has 0 aliphatic heterocycles. The first kappa shape index (κ1) is 8.47. The Morgan fingerprint density at radius 3 is 2.00 bits per heavy atom. The molecule has 0 fully saturated rings. The zero-order valence-corrected chi connectivity index (χ0v) is 6.22. The van der Waals surface area contributed by atoms with Crippen molar-refractivity contribution in [3.8, 4) is 0 Å². The minimum atomic E-state index is -0.698. The van der Waals surface area contributed by atoms with Gasteiger partial charge < -0.3 is 5.11 Å². The third-order valence-electron chi connectivity index (χ3n) is 1.63. The van der Waals surface area contributed by atoms with Crippen molar-refractivity contribution in [2.75, 3.05) is 0 Å². The molecule has 54 valence electrons. The van der Waals surface area contributed by atoms with Gasteiger partial charge in [-0.15, -0.1) is 0 Å². The smallest absolute Gasteiger partial charge is 0.303 e. The summed E-state index contributed by atoms with van der Waals surface area (Å²) in [4.78, 5) is 10.1. The van der Waals surface area contributed by atoms with E-state index in [-0.39, 0.29) is 6.42 Å². The molecule has 0 aliphatic rings. The van der Waals surface area contributed by atoms with Crippen molar-refractivity contribution >= 4 is 5.97 Å². The fourth-order valence-electron chi connectivity index (χ4n) is 0.511. The summed E-state index contributed by atoms with van der Waals surface area (Å²) < 4.78 is 0. The Morgan fingerprint density at radius 1 is 1.44 bits per heavy atom. The van der Waals surface area contributed by atoms with Crippen LogP contribution in [0.5, 0.6) is 0 Å². The lowest BCUT2D eigenvalue weighted by atomic mass is 9.95. The van der Waals surface area contributed by atoms with Gasteiger partial charge in [0.1, 0.15) is 0 Å². The summed E-state index contributed by atoms with van der Waals surface area (Å²) >= 11 is 0. The Balaban J connectivity index is 3.50. The van der Waals surface area contributed by atoms with Gasteiger partial charge in [0, 0.05) is 6.42 Å². The van der Waals surface area contributed by atoms with Gasteiger partial charge in [0.15, 0.2) is 0 Å². The molecule has 0 saturated carbocycles. The molecule has 0 bridgehead atoms. The molecule has 1 unspecified atom stereocenters. The fourth-order valence-corrected chi connectivity index (χ4v) is 0.511. The first-order chi connectivity index (χ1) is 4.04. The molecule has 1 atom stereocenters. The highest BCUT2D eigenvalue weighted by atomic mass is 16.4. The van der Waals surface area contributed by atoms with E-state index >= 15 is 0 Å². The highest BCUT2D eigenvalue weighted by Gasteiger charge is 2.10. The Bertz CT molecular complexity index is 97.1. The maximum Gasteiger partial charge on any atom is 0.303 e. The van der Waals surface area contributed by atoms with Crippen LogP contribution in [-0.4, -0.2) is 11.1 Å². The van der Waals surface area contributed by atoms with Crippen molar-refractivity contribution in [3.63, 3.8) is 0 Å². The number of carboxylic acids is 1. The van der Waals surface area contributed by atoms with E-state index in [0.29, 0.717) is 11.8 Å². The van der Waals surface area contributed by atoms with Gasteiger partial charge in [-0.3, -0.25) is 4.79 Å². The lowest BCUT2D eigenvalue weighted by Crippen LogP contribution is -2.09. The minimum absolute atomic E-state index is 0.289. The monoisotopic (exact) mass is 130 g/mol. The van der Waals surface area contributed by atoms with Crippen LogP contribution in [0.3, 0.4) is 0 Å². The van der Waals surface area contributed by atoms with Crippen LogP contribution in [-0.2, 0) is 4.79 Å². The van der Waals surface area contributed by atoms with Crippen molar-refractivity contribution in [2.24, 2.45) is 11.8 Å². The molecule has 0 saturated heterocycles. The molecular weight excluding hydrogens is 116 g/mol. The van der Waals surface area contributed by atoms with Crippen molar-refractivity contribution < 1.29 is 9.90 Å². The number of rotatable bonds is 3. The molecule has 0 aromatic carbocycles. The topological polar surface area (TPSA) is 37.3 Å². The van der Waals surface area contributed by atoms with Gasteiger partial charge in [0.2, 0.25) is 0 Å². The molecule has 1 N–H and O–H groups in total. The summed E-state index contributed by atoms with van der Waals surface area (Å²) in [5.74, 6) is 0.0693. The quantitative estimate of drug-likeness (QED) is 0.632. The average molecular weight is 130 g/mol. The summed E-state index contributed by atoms with van der Waals surface area (Å²) in [6.07, 6.45) is 0.289. The SMILES string of the molecule is CC(C)C(C)CC(=O)O. The molecule has 0 heterocycles. The normalized spacial score (nSPS) is 13.8. The summed E-state index contributed by atoms with van der Waals surface area (Å²) in [6, 6.07) is 0. The van der Waals surface area contributed by atoms with E-state index in [1.165, 1.54) is 0 Å². The number of carboxylic acid groups (broad SMARTS) is 1. The molecule has 2 heteroatoms. The summed E-state index contributed by atoms with van der Waals surface area (Å²) in [6.45, 7) is 6.03. The van der Waals surface area contributed by atoms with E-state index in [2.05, 4.69) is 0 Å². The lowest BCUT2D eigenvalue weighted by molar-refractivity contribution is -0.138. The van der Waals surface area contributed by atoms with E-state index in [0.717, 1.165) is 0 Å². The van der Waals surface area contributed by atoms with Crippen LogP contribution < -0.4 is 0 Å². The van der Waals surface area contributed by atoms with E-state index in [1.54, 1.807) is 0 Å². The molecule has 0 rings (SSSR count). The van der Waals surface area contributed by atoms with Gasteiger partial charge in [-0.05, 0) is 11.8 Å². The number of hydrogen-bond acceptors (Lipinski definition) is 1. The van der Waals surface area contributed by atoms with Crippen LogP contribution in [0.1, 0.15) is 27.2 Å². The number of hydrogen-bond donors (Lipinski definition) is 1. The first-order valence-corrected chi connectivity index (χ1v) is 3.25. The van der Waals surface area contributed by atoms with Gasteiger partial charge in [0.25, 0.3) is 0 Å². The maximum atomic E-state index is 10.1.